The molecule has 0 amide bonds. The second kappa shape index (κ2) is 3.32. The standard InChI is InChI=1S/C10H8Cl2O/c11-9-3-1-2-7(10(9)12)8-4-6(8)5-13/h1-3,5-6,8H,4H2/t6-,8+/m0/s1. The SMILES string of the molecule is O=C[C@@H]1C[C@H]1c1cccc(Cl)c1Cl. The van der Waals surface area contributed by atoms with Gasteiger partial charge in [0.1, 0.15) is 6.29 Å². The van der Waals surface area contributed by atoms with Gasteiger partial charge in [0.2, 0.25) is 0 Å². The van der Waals surface area contributed by atoms with Gasteiger partial charge in [0.25, 0.3) is 0 Å². The number of hydrogen-bond donors (Lipinski definition) is 0. The molecule has 0 bridgehead atoms. The van der Waals surface area contributed by atoms with Gasteiger partial charge in [-0.2, -0.15) is 0 Å². The molecule has 3 heteroatoms. The van der Waals surface area contributed by atoms with Crippen LogP contribution in [-0.2, 0) is 4.79 Å². The summed E-state index contributed by atoms with van der Waals surface area (Å²) in [6.07, 6.45) is 1.89. The Balaban J connectivity index is 2.31. The van der Waals surface area contributed by atoms with Gasteiger partial charge in [-0.05, 0) is 24.0 Å². The van der Waals surface area contributed by atoms with Crippen LogP contribution in [0.4, 0.5) is 0 Å². The summed E-state index contributed by atoms with van der Waals surface area (Å²) in [5.41, 5.74) is 1.01. The molecule has 1 aromatic carbocycles. The van der Waals surface area contributed by atoms with Crippen LogP contribution in [0.5, 0.6) is 0 Å². The summed E-state index contributed by atoms with van der Waals surface area (Å²) in [7, 11) is 0. The Labute approximate surface area is 86.7 Å². The Morgan fingerprint density at radius 2 is 2.15 bits per heavy atom. The van der Waals surface area contributed by atoms with E-state index >= 15 is 0 Å². The van der Waals surface area contributed by atoms with Crippen molar-refractivity contribution in [3.63, 3.8) is 0 Å². The van der Waals surface area contributed by atoms with Crippen molar-refractivity contribution in [1.29, 1.82) is 0 Å². The summed E-state index contributed by atoms with van der Waals surface area (Å²) in [5.74, 6) is 0.444. The van der Waals surface area contributed by atoms with Gasteiger partial charge in [0.15, 0.2) is 0 Å². The Bertz CT molecular complexity index is 349. The minimum atomic E-state index is 0.149. The molecule has 0 unspecified atom stereocenters. The highest BCUT2D eigenvalue weighted by atomic mass is 35.5. The number of carbonyl (C=O) groups excluding carboxylic acids is 1. The van der Waals surface area contributed by atoms with E-state index in [0.717, 1.165) is 18.3 Å². The molecule has 0 radical (unpaired) electrons. The van der Waals surface area contributed by atoms with Crippen molar-refractivity contribution in [3.05, 3.63) is 33.8 Å². The van der Waals surface area contributed by atoms with Crippen LogP contribution in [0.25, 0.3) is 0 Å². The van der Waals surface area contributed by atoms with Gasteiger partial charge in [-0.1, -0.05) is 35.3 Å². The van der Waals surface area contributed by atoms with E-state index in [-0.39, 0.29) is 5.92 Å². The van der Waals surface area contributed by atoms with E-state index in [9.17, 15) is 4.79 Å². The summed E-state index contributed by atoms with van der Waals surface area (Å²) in [5, 5.41) is 1.16. The van der Waals surface area contributed by atoms with Crippen molar-refractivity contribution in [1.82, 2.24) is 0 Å². The lowest BCUT2D eigenvalue weighted by Crippen LogP contribution is -1.86. The van der Waals surface area contributed by atoms with E-state index in [0.29, 0.717) is 16.0 Å². The van der Waals surface area contributed by atoms with E-state index in [1.54, 1.807) is 6.07 Å². The van der Waals surface area contributed by atoms with Crippen LogP contribution in [0.15, 0.2) is 18.2 Å². The summed E-state index contributed by atoms with van der Waals surface area (Å²) in [6, 6.07) is 5.55. The largest absolute Gasteiger partial charge is 0.303 e. The molecule has 2 atom stereocenters. The Morgan fingerprint density at radius 3 is 2.77 bits per heavy atom. The maximum atomic E-state index is 10.5. The maximum absolute atomic E-state index is 10.5. The Hall–Kier alpha value is -0.530. The van der Waals surface area contributed by atoms with Crippen LogP contribution < -0.4 is 0 Å². The number of hydrogen-bond acceptors (Lipinski definition) is 1. The molecule has 1 fully saturated rings. The minimum Gasteiger partial charge on any atom is -0.303 e. The predicted molar refractivity (Wildman–Crippen MR) is 53.4 cm³/mol. The molecule has 1 aliphatic rings. The lowest BCUT2D eigenvalue weighted by Gasteiger charge is -2.02. The van der Waals surface area contributed by atoms with E-state index in [1.807, 2.05) is 12.1 Å². The molecule has 0 spiro atoms. The average Bonchev–Trinajstić information content (AvgIpc) is 2.89. The molecule has 1 nitrogen and oxygen atoms in total. The third-order valence-electron chi connectivity index (χ3n) is 2.40. The highest BCUT2D eigenvalue weighted by Crippen LogP contribution is 2.49. The van der Waals surface area contributed by atoms with Crippen molar-refractivity contribution in [2.45, 2.75) is 12.3 Å². The highest BCUT2D eigenvalue weighted by molar-refractivity contribution is 6.42. The fraction of sp³-hybridized carbons (Fsp3) is 0.300. The lowest BCUT2D eigenvalue weighted by molar-refractivity contribution is -0.108. The topological polar surface area (TPSA) is 17.1 Å². The Kier molecular flexibility index (Phi) is 2.31. The third-order valence-corrected chi connectivity index (χ3v) is 3.23. The quantitative estimate of drug-likeness (QED) is 0.691. The summed E-state index contributed by atoms with van der Waals surface area (Å²) < 4.78 is 0. The van der Waals surface area contributed by atoms with Crippen LogP contribution in [-0.4, -0.2) is 6.29 Å². The molecule has 1 aliphatic carbocycles. The number of carbonyl (C=O) groups is 1. The third kappa shape index (κ3) is 1.59. The zero-order chi connectivity index (χ0) is 9.42. The van der Waals surface area contributed by atoms with Gasteiger partial charge in [-0.15, -0.1) is 0 Å². The molecule has 0 saturated heterocycles. The Morgan fingerprint density at radius 1 is 1.38 bits per heavy atom. The summed E-state index contributed by atoms with van der Waals surface area (Å²) >= 11 is 11.9. The van der Waals surface area contributed by atoms with Gasteiger partial charge in [0.05, 0.1) is 10.0 Å². The van der Waals surface area contributed by atoms with Crippen LogP contribution in [0.2, 0.25) is 10.0 Å². The maximum Gasteiger partial charge on any atom is 0.123 e. The van der Waals surface area contributed by atoms with E-state index in [2.05, 4.69) is 0 Å². The second-order valence-corrected chi connectivity index (χ2v) is 4.07. The molecule has 0 heterocycles. The van der Waals surface area contributed by atoms with Crippen LogP contribution >= 0.6 is 23.2 Å². The van der Waals surface area contributed by atoms with Crippen LogP contribution in [0, 0.1) is 5.92 Å². The average molecular weight is 215 g/mol. The van der Waals surface area contributed by atoms with Crippen molar-refractivity contribution in [2.75, 3.05) is 0 Å². The van der Waals surface area contributed by atoms with Gasteiger partial charge < -0.3 is 4.79 Å². The van der Waals surface area contributed by atoms with Crippen molar-refractivity contribution in [3.8, 4) is 0 Å². The zero-order valence-corrected chi connectivity index (χ0v) is 8.35. The molecule has 68 valence electrons. The first kappa shape index (κ1) is 9.04. The van der Waals surface area contributed by atoms with E-state index in [1.165, 1.54) is 0 Å². The first-order valence-electron chi connectivity index (χ1n) is 4.13. The van der Waals surface area contributed by atoms with Crippen molar-refractivity contribution in [2.24, 2.45) is 5.92 Å². The smallest absolute Gasteiger partial charge is 0.123 e. The first-order chi connectivity index (χ1) is 6.24. The predicted octanol–water partition coefficient (Wildman–Crippen LogP) is 3.30. The van der Waals surface area contributed by atoms with Crippen LogP contribution in [0.3, 0.4) is 0 Å². The molecule has 0 aliphatic heterocycles. The molecule has 13 heavy (non-hydrogen) atoms. The number of aldehydes is 1. The lowest BCUT2D eigenvalue weighted by atomic mass is 10.1. The fourth-order valence-corrected chi connectivity index (χ4v) is 1.98. The van der Waals surface area contributed by atoms with Gasteiger partial charge >= 0.3 is 0 Å². The summed E-state index contributed by atoms with van der Waals surface area (Å²) in [4.78, 5) is 10.5. The van der Waals surface area contributed by atoms with Crippen LogP contribution in [0.1, 0.15) is 17.9 Å². The molecule has 2 rings (SSSR count). The molecular formula is C10H8Cl2O. The minimum absolute atomic E-state index is 0.149. The van der Waals surface area contributed by atoms with Gasteiger partial charge in [0, 0.05) is 5.92 Å². The molecule has 0 N–H and O–H groups in total. The van der Waals surface area contributed by atoms with E-state index in [4.69, 9.17) is 23.2 Å². The molecule has 1 aromatic rings. The van der Waals surface area contributed by atoms with Gasteiger partial charge in [-0.3, -0.25) is 0 Å². The number of benzene rings is 1. The number of halogens is 2. The molecular weight excluding hydrogens is 207 g/mol. The molecule has 0 aromatic heterocycles. The highest BCUT2D eigenvalue weighted by Gasteiger charge is 2.39. The first-order valence-corrected chi connectivity index (χ1v) is 4.89. The number of rotatable bonds is 2. The van der Waals surface area contributed by atoms with Gasteiger partial charge in [-0.25, -0.2) is 0 Å². The fourth-order valence-electron chi connectivity index (χ4n) is 1.53. The van der Waals surface area contributed by atoms with Crippen molar-refractivity contribution >= 4 is 29.5 Å². The normalized spacial score (nSPS) is 25.7. The monoisotopic (exact) mass is 214 g/mol. The van der Waals surface area contributed by atoms with Crippen molar-refractivity contribution < 1.29 is 4.79 Å². The summed E-state index contributed by atoms with van der Waals surface area (Å²) in [6.45, 7) is 0. The second-order valence-electron chi connectivity index (χ2n) is 3.29. The van der Waals surface area contributed by atoms with E-state index < -0.39 is 0 Å². The zero-order valence-electron chi connectivity index (χ0n) is 6.84. The molecule has 1 saturated carbocycles.